The van der Waals surface area contributed by atoms with Crippen molar-refractivity contribution >= 4 is 17.2 Å². The number of nitrogens with zero attached hydrogens (tertiary/aromatic N) is 1. The van der Waals surface area contributed by atoms with Crippen molar-refractivity contribution < 1.29 is 4.74 Å². The standard InChI is InChI=1S/C10H22N2OS/c1-4-6-12(8-10(11)14)9(2)5-7-13-3/h9H,4-8H2,1-3H3,(H2,11,14). The smallest absolute Gasteiger partial charge is 0.0870 e. The largest absolute Gasteiger partial charge is 0.392 e. The van der Waals surface area contributed by atoms with Crippen molar-refractivity contribution in [1.29, 1.82) is 0 Å². The van der Waals surface area contributed by atoms with Gasteiger partial charge in [-0.3, -0.25) is 4.90 Å². The first kappa shape index (κ1) is 13.8. The van der Waals surface area contributed by atoms with E-state index in [-0.39, 0.29) is 0 Å². The lowest BCUT2D eigenvalue weighted by Crippen LogP contribution is -2.40. The summed E-state index contributed by atoms with van der Waals surface area (Å²) < 4.78 is 5.06. The molecular formula is C10H22N2OS. The Morgan fingerprint density at radius 2 is 2.21 bits per heavy atom. The Bertz CT molecular complexity index is 164. The third-order valence-corrected chi connectivity index (χ3v) is 2.36. The number of nitrogens with two attached hydrogens (primary N) is 1. The first-order valence-electron chi connectivity index (χ1n) is 5.13. The fourth-order valence-electron chi connectivity index (χ4n) is 1.41. The van der Waals surface area contributed by atoms with Crippen LogP contribution in [0.1, 0.15) is 26.7 Å². The van der Waals surface area contributed by atoms with Gasteiger partial charge in [-0.25, -0.2) is 0 Å². The van der Waals surface area contributed by atoms with Crippen molar-refractivity contribution in [2.45, 2.75) is 32.7 Å². The molecule has 14 heavy (non-hydrogen) atoms. The summed E-state index contributed by atoms with van der Waals surface area (Å²) in [5.74, 6) is 0. The van der Waals surface area contributed by atoms with Crippen LogP contribution in [0.25, 0.3) is 0 Å². The van der Waals surface area contributed by atoms with Gasteiger partial charge in [-0.05, 0) is 26.3 Å². The summed E-state index contributed by atoms with van der Waals surface area (Å²) in [4.78, 5) is 2.88. The lowest BCUT2D eigenvalue weighted by molar-refractivity contribution is 0.147. The predicted octanol–water partition coefficient (Wildman–Crippen LogP) is 1.41. The van der Waals surface area contributed by atoms with E-state index in [4.69, 9.17) is 22.7 Å². The van der Waals surface area contributed by atoms with Crippen molar-refractivity contribution in [2.75, 3.05) is 26.8 Å². The molecule has 0 amide bonds. The van der Waals surface area contributed by atoms with Crippen LogP contribution in [0.15, 0.2) is 0 Å². The molecular weight excluding hydrogens is 196 g/mol. The summed E-state index contributed by atoms with van der Waals surface area (Å²) in [6, 6.07) is 0.483. The Labute approximate surface area is 92.6 Å². The van der Waals surface area contributed by atoms with E-state index in [2.05, 4.69) is 18.7 Å². The molecule has 0 spiro atoms. The molecule has 0 aromatic rings. The summed E-state index contributed by atoms with van der Waals surface area (Å²) in [6.07, 6.45) is 2.15. The zero-order valence-electron chi connectivity index (χ0n) is 9.45. The van der Waals surface area contributed by atoms with Gasteiger partial charge in [0.05, 0.1) is 4.99 Å². The number of hydrogen-bond donors (Lipinski definition) is 1. The zero-order valence-corrected chi connectivity index (χ0v) is 10.3. The van der Waals surface area contributed by atoms with Crippen LogP contribution in [-0.2, 0) is 4.74 Å². The van der Waals surface area contributed by atoms with Gasteiger partial charge in [0.15, 0.2) is 0 Å². The van der Waals surface area contributed by atoms with Crippen LogP contribution in [0, 0.1) is 0 Å². The molecule has 0 rings (SSSR count). The van der Waals surface area contributed by atoms with E-state index in [1.54, 1.807) is 7.11 Å². The molecule has 0 aliphatic heterocycles. The van der Waals surface area contributed by atoms with Crippen molar-refractivity contribution in [1.82, 2.24) is 4.90 Å². The van der Waals surface area contributed by atoms with E-state index in [9.17, 15) is 0 Å². The van der Waals surface area contributed by atoms with Crippen LogP contribution in [0.4, 0.5) is 0 Å². The van der Waals surface area contributed by atoms with E-state index in [0.717, 1.165) is 26.0 Å². The Balaban J connectivity index is 3.96. The lowest BCUT2D eigenvalue weighted by Gasteiger charge is -2.28. The fourth-order valence-corrected chi connectivity index (χ4v) is 1.58. The second kappa shape index (κ2) is 8.15. The third kappa shape index (κ3) is 6.29. The van der Waals surface area contributed by atoms with E-state index in [1.807, 2.05) is 0 Å². The van der Waals surface area contributed by atoms with Crippen molar-refractivity contribution in [3.8, 4) is 0 Å². The van der Waals surface area contributed by atoms with E-state index >= 15 is 0 Å². The highest BCUT2D eigenvalue weighted by Crippen LogP contribution is 2.04. The molecule has 84 valence electrons. The summed E-state index contributed by atoms with van der Waals surface area (Å²) in [7, 11) is 1.73. The van der Waals surface area contributed by atoms with Crippen LogP contribution in [-0.4, -0.2) is 42.7 Å². The van der Waals surface area contributed by atoms with Crippen LogP contribution in [0.2, 0.25) is 0 Å². The quantitative estimate of drug-likeness (QED) is 0.625. The molecule has 0 saturated heterocycles. The van der Waals surface area contributed by atoms with Gasteiger partial charge in [-0.2, -0.15) is 0 Å². The van der Waals surface area contributed by atoms with Gasteiger partial charge in [0.2, 0.25) is 0 Å². The van der Waals surface area contributed by atoms with E-state index in [0.29, 0.717) is 17.6 Å². The lowest BCUT2D eigenvalue weighted by atomic mass is 10.2. The Morgan fingerprint density at radius 3 is 2.64 bits per heavy atom. The molecule has 0 fully saturated rings. The molecule has 4 heteroatoms. The zero-order chi connectivity index (χ0) is 11.0. The normalized spacial score (nSPS) is 13.1. The molecule has 1 unspecified atom stereocenters. The van der Waals surface area contributed by atoms with Crippen LogP contribution in [0.5, 0.6) is 0 Å². The molecule has 0 aliphatic rings. The molecule has 0 bridgehead atoms. The predicted molar refractivity (Wildman–Crippen MR) is 64.6 cm³/mol. The number of thiocarbonyl (C=S) groups is 1. The average molecular weight is 218 g/mol. The minimum Gasteiger partial charge on any atom is -0.392 e. The molecule has 2 N–H and O–H groups in total. The topological polar surface area (TPSA) is 38.5 Å². The summed E-state index contributed by atoms with van der Waals surface area (Å²) >= 11 is 4.92. The number of ether oxygens (including phenoxy) is 1. The minimum absolute atomic E-state index is 0.483. The molecule has 1 atom stereocenters. The average Bonchev–Trinajstić information content (AvgIpc) is 2.13. The highest BCUT2D eigenvalue weighted by Gasteiger charge is 2.12. The maximum absolute atomic E-state index is 5.55. The monoisotopic (exact) mass is 218 g/mol. The number of methoxy groups -OCH3 is 1. The van der Waals surface area contributed by atoms with Crippen LogP contribution >= 0.6 is 12.2 Å². The molecule has 0 saturated carbocycles. The van der Waals surface area contributed by atoms with Gasteiger partial charge < -0.3 is 10.5 Å². The van der Waals surface area contributed by atoms with Gasteiger partial charge in [-0.1, -0.05) is 19.1 Å². The minimum atomic E-state index is 0.483. The Hall–Kier alpha value is -0.190. The Morgan fingerprint density at radius 1 is 1.57 bits per heavy atom. The summed E-state index contributed by atoms with van der Waals surface area (Å²) in [5, 5.41) is 0. The SMILES string of the molecule is CCCN(CC(N)=S)C(C)CCOC. The van der Waals surface area contributed by atoms with Crippen molar-refractivity contribution in [2.24, 2.45) is 5.73 Å². The molecule has 0 heterocycles. The number of hydrogen-bond acceptors (Lipinski definition) is 3. The first-order valence-corrected chi connectivity index (χ1v) is 5.53. The van der Waals surface area contributed by atoms with Gasteiger partial charge in [0.1, 0.15) is 0 Å². The van der Waals surface area contributed by atoms with Gasteiger partial charge in [-0.15, -0.1) is 0 Å². The number of rotatable bonds is 8. The third-order valence-electron chi connectivity index (χ3n) is 2.23. The van der Waals surface area contributed by atoms with Crippen molar-refractivity contribution in [3.63, 3.8) is 0 Å². The second-order valence-corrected chi connectivity index (χ2v) is 4.09. The molecule has 0 aromatic heterocycles. The maximum Gasteiger partial charge on any atom is 0.0870 e. The molecule has 3 nitrogen and oxygen atoms in total. The Kier molecular flexibility index (Phi) is 8.04. The highest BCUT2D eigenvalue weighted by atomic mass is 32.1. The summed E-state index contributed by atoms with van der Waals surface area (Å²) in [5.41, 5.74) is 5.55. The molecule has 0 aliphatic carbocycles. The molecule has 0 radical (unpaired) electrons. The second-order valence-electron chi connectivity index (χ2n) is 3.57. The van der Waals surface area contributed by atoms with E-state index < -0.39 is 0 Å². The summed E-state index contributed by atoms with van der Waals surface area (Å²) in [6.45, 7) is 6.90. The van der Waals surface area contributed by atoms with E-state index in [1.165, 1.54) is 0 Å². The van der Waals surface area contributed by atoms with Gasteiger partial charge >= 0.3 is 0 Å². The first-order chi connectivity index (χ1) is 6.61. The fraction of sp³-hybridized carbons (Fsp3) is 0.900. The van der Waals surface area contributed by atoms with Crippen LogP contribution < -0.4 is 5.73 Å². The maximum atomic E-state index is 5.55. The van der Waals surface area contributed by atoms with Crippen molar-refractivity contribution in [3.05, 3.63) is 0 Å². The molecule has 0 aromatic carbocycles. The van der Waals surface area contributed by atoms with Crippen LogP contribution in [0.3, 0.4) is 0 Å². The van der Waals surface area contributed by atoms with Gasteiger partial charge in [0, 0.05) is 26.3 Å². The highest BCUT2D eigenvalue weighted by molar-refractivity contribution is 7.80. The van der Waals surface area contributed by atoms with Gasteiger partial charge in [0.25, 0.3) is 0 Å².